The van der Waals surface area contributed by atoms with Gasteiger partial charge in [-0.25, -0.2) is 0 Å². The van der Waals surface area contributed by atoms with E-state index in [2.05, 4.69) is 43.5 Å². The number of carbonyl (C=O) groups excluding carboxylic acids is 1. The average molecular weight is 276 g/mol. The highest BCUT2D eigenvalue weighted by Gasteiger charge is 2.21. The van der Waals surface area contributed by atoms with Crippen molar-refractivity contribution in [3.05, 3.63) is 35.9 Å². The van der Waals surface area contributed by atoms with E-state index in [0.717, 1.165) is 25.9 Å². The van der Waals surface area contributed by atoms with E-state index in [-0.39, 0.29) is 11.9 Å². The Bertz CT molecular complexity index is 374. The highest BCUT2D eigenvalue weighted by molar-refractivity contribution is 5.76. The van der Waals surface area contributed by atoms with Gasteiger partial charge in [0, 0.05) is 13.0 Å². The van der Waals surface area contributed by atoms with Crippen molar-refractivity contribution < 1.29 is 4.79 Å². The first-order valence-corrected chi connectivity index (χ1v) is 7.77. The predicted octanol–water partition coefficient (Wildman–Crippen LogP) is 3.28. The molecule has 1 rings (SSSR count). The van der Waals surface area contributed by atoms with E-state index in [4.69, 9.17) is 0 Å². The second-order valence-corrected chi connectivity index (χ2v) is 5.14. The Labute approximate surface area is 123 Å². The minimum atomic E-state index is 0.125. The molecular weight excluding hydrogens is 248 g/mol. The Balaban J connectivity index is 2.71. The van der Waals surface area contributed by atoms with Crippen molar-refractivity contribution in [2.24, 2.45) is 5.92 Å². The second kappa shape index (κ2) is 9.54. The summed E-state index contributed by atoms with van der Waals surface area (Å²) in [6.45, 7) is 8.08. The molecule has 1 aromatic carbocycles. The number of benzene rings is 1. The molecule has 0 fully saturated rings. The summed E-state index contributed by atoms with van der Waals surface area (Å²) in [5, 5.41) is 6.40. The fraction of sp³-hybridized carbons (Fsp3) is 0.588. The van der Waals surface area contributed by atoms with E-state index < -0.39 is 0 Å². The third-order valence-corrected chi connectivity index (χ3v) is 3.77. The largest absolute Gasteiger partial charge is 0.349 e. The van der Waals surface area contributed by atoms with Crippen LogP contribution >= 0.6 is 0 Å². The third-order valence-electron chi connectivity index (χ3n) is 3.77. The number of hydrogen-bond donors (Lipinski definition) is 2. The molecule has 0 aliphatic carbocycles. The van der Waals surface area contributed by atoms with Gasteiger partial charge in [-0.1, -0.05) is 63.9 Å². The first-order valence-electron chi connectivity index (χ1n) is 7.77. The van der Waals surface area contributed by atoms with Crippen LogP contribution in [0.3, 0.4) is 0 Å². The van der Waals surface area contributed by atoms with Crippen molar-refractivity contribution in [1.82, 2.24) is 10.6 Å². The molecule has 0 spiro atoms. The Hall–Kier alpha value is -1.35. The molecule has 0 heterocycles. The van der Waals surface area contributed by atoms with Gasteiger partial charge in [-0.2, -0.15) is 0 Å². The molecule has 3 heteroatoms. The highest BCUT2D eigenvalue weighted by Crippen LogP contribution is 2.27. The molecular formula is C17H28N2O. The summed E-state index contributed by atoms with van der Waals surface area (Å²) in [5.41, 5.74) is 1.21. The zero-order chi connectivity index (χ0) is 14.8. The smallest absolute Gasteiger partial charge is 0.221 e. The Morgan fingerprint density at radius 1 is 1.10 bits per heavy atom. The summed E-state index contributed by atoms with van der Waals surface area (Å²) in [4.78, 5) is 12.1. The van der Waals surface area contributed by atoms with Crippen LogP contribution in [-0.4, -0.2) is 19.0 Å². The molecule has 0 radical (unpaired) electrons. The first kappa shape index (κ1) is 16.7. The fourth-order valence-electron chi connectivity index (χ4n) is 2.52. The first-order chi connectivity index (χ1) is 9.72. The van der Waals surface area contributed by atoms with Gasteiger partial charge < -0.3 is 10.6 Å². The maximum absolute atomic E-state index is 12.1. The predicted molar refractivity (Wildman–Crippen MR) is 84.6 cm³/mol. The third kappa shape index (κ3) is 5.33. The van der Waals surface area contributed by atoms with Crippen LogP contribution in [0.2, 0.25) is 0 Å². The number of rotatable bonds is 9. The van der Waals surface area contributed by atoms with Crippen molar-refractivity contribution in [1.29, 1.82) is 0 Å². The van der Waals surface area contributed by atoms with Crippen molar-refractivity contribution >= 4 is 5.91 Å². The number of hydrogen-bond acceptors (Lipinski definition) is 2. The van der Waals surface area contributed by atoms with Crippen LogP contribution in [0.4, 0.5) is 0 Å². The molecule has 0 saturated heterocycles. The van der Waals surface area contributed by atoms with Gasteiger partial charge in [0.25, 0.3) is 0 Å². The Kier molecular flexibility index (Phi) is 7.97. The minimum absolute atomic E-state index is 0.125. The van der Waals surface area contributed by atoms with Crippen molar-refractivity contribution in [3.8, 4) is 0 Å². The topological polar surface area (TPSA) is 41.1 Å². The van der Waals surface area contributed by atoms with Gasteiger partial charge >= 0.3 is 0 Å². The summed E-state index contributed by atoms with van der Waals surface area (Å²) in [7, 11) is 0. The average Bonchev–Trinajstić information content (AvgIpc) is 2.48. The molecule has 20 heavy (non-hydrogen) atoms. The molecule has 0 aromatic heterocycles. The van der Waals surface area contributed by atoms with Gasteiger partial charge in [0.1, 0.15) is 0 Å². The standard InChI is InChI=1S/C17H28N2O/c1-4-14(5-2)17(15-10-8-7-9-11-15)19-16(20)12-13-18-6-3/h7-11,14,17-18H,4-6,12-13H2,1-3H3,(H,19,20). The normalized spacial score (nSPS) is 12.4. The van der Waals surface area contributed by atoms with Gasteiger partial charge in [-0.05, 0) is 18.0 Å². The van der Waals surface area contributed by atoms with Gasteiger partial charge in [0.2, 0.25) is 5.91 Å². The molecule has 1 amide bonds. The molecule has 0 aliphatic heterocycles. The zero-order valence-electron chi connectivity index (χ0n) is 13.0. The summed E-state index contributed by atoms with van der Waals surface area (Å²) in [6, 6.07) is 10.4. The molecule has 1 unspecified atom stereocenters. The van der Waals surface area contributed by atoms with Crippen LogP contribution in [0, 0.1) is 5.92 Å². The van der Waals surface area contributed by atoms with E-state index in [1.165, 1.54) is 5.56 Å². The molecule has 3 nitrogen and oxygen atoms in total. The van der Waals surface area contributed by atoms with E-state index in [1.54, 1.807) is 0 Å². The number of amides is 1. The van der Waals surface area contributed by atoms with Gasteiger partial charge in [0.15, 0.2) is 0 Å². The number of nitrogens with one attached hydrogen (secondary N) is 2. The van der Waals surface area contributed by atoms with Gasteiger partial charge in [-0.3, -0.25) is 4.79 Å². The summed E-state index contributed by atoms with van der Waals surface area (Å²) < 4.78 is 0. The molecule has 1 aromatic rings. The summed E-state index contributed by atoms with van der Waals surface area (Å²) in [6.07, 6.45) is 2.68. The highest BCUT2D eigenvalue weighted by atomic mass is 16.1. The maximum atomic E-state index is 12.1. The quantitative estimate of drug-likeness (QED) is 0.680. The van der Waals surface area contributed by atoms with Crippen molar-refractivity contribution in [2.75, 3.05) is 13.1 Å². The van der Waals surface area contributed by atoms with Gasteiger partial charge in [-0.15, -0.1) is 0 Å². The molecule has 2 N–H and O–H groups in total. The molecule has 0 saturated carbocycles. The van der Waals surface area contributed by atoms with E-state index in [0.29, 0.717) is 12.3 Å². The van der Waals surface area contributed by atoms with E-state index in [1.807, 2.05) is 18.2 Å². The van der Waals surface area contributed by atoms with Crippen LogP contribution in [0.15, 0.2) is 30.3 Å². The second-order valence-electron chi connectivity index (χ2n) is 5.14. The molecule has 0 bridgehead atoms. The molecule has 1 atom stereocenters. The molecule has 0 aliphatic rings. The van der Waals surface area contributed by atoms with E-state index in [9.17, 15) is 4.79 Å². The summed E-state index contributed by atoms with van der Waals surface area (Å²) in [5.74, 6) is 0.618. The lowest BCUT2D eigenvalue weighted by molar-refractivity contribution is -0.122. The van der Waals surface area contributed by atoms with Crippen LogP contribution in [0.25, 0.3) is 0 Å². The lowest BCUT2D eigenvalue weighted by Crippen LogP contribution is -2.34. The molecule has 112 valence electrons. The van der Waals surface area contributed by atoms with Crippen molar-refractivity contribution in [3.63, 3.8) is 0 Å². The lowest BCUT2D eigenvalue weighted by Gasteiger charge is -2.27. The minimum Gasteiger partial charge on any atom is -0.349 e. The maximum Gasteiger partial charge on any atom is 0.221 e. The van der Waals surface area contributed by atoms with E-state index >= 15 is 0 Å². The monoisotopic (exact) mass is 276 g/mol. The zero-order valence-corrected chi connectivity index (χ0v) is 13.0. The summed E-state index contributed by atoms with van der Waals surface area (Å²) >= 11 is 0. The van der Waals surface area contributed by atoms with Gasteiger partial charge in [0.05, 0.1) is 6.04 Å². The Morgan fingerprint density at radius 2 is 1.75 bits per heavy atom. The van der Waals surface area contributed by atoms with Crippen LogP contribution in [-0.2, 0) is 4.79 Å². The van der Waals surface area contributed by atoms with Crippen LogP contribution in [0.1, 0.15) is 51.6 Å². The number of carbonyl (C=O) groups is 1. The Morgan fingerprint density at radius 3 is 2.30 bits per heavy atom. The van der Waals surface area contributed by atoms with Crippen LogP contribution in [0.5, 0.6) is 0 Å². The SMILES string of the molecule is CCNCCC(=O)NC(c1ccccc1)C(CC)CC. The fourth-order valence-corrected chi connectivity index (χ4v) is 2.52. The lowest BCUT2D eigenvalue weighted by atomic mass is 9.88. The van der Waals surface area contributed by atoms with Crippen molar-refractivity contribution in [2.45, 2.75) is 46.1 Å². The van der Waals surface area contributed by atoms with Crippen LogP contribution < -0.4 is 10.6 Å².